The predicted octanol–water partition coefficient (Wildman–Crippen LogP) is 4.58. The molecule has 2 aromatic heterocycles. The highest BCUT2D eigenvalue weighted by atomic mass is 79.9. The highest BCUT2D eigenvalue weighted by molar-refractivity contribution is 9.11. The summed E-state index contributed by atoms with van der Waals surface area (Å²) in [4.78, 5) is 2.35. The Morgan fingerprint density at radius 3 is 2.60 bits per heavy atom. The van der Waals surface area contributed by atoms with Gasteiger partial charge in [0.25, 0.3) is 0 Å². The first-order valence-electron chi connectivity index (χ1n) is 4.34. The minimum Gasteiger partial charge on any atom is -0.320 e. The summed E-state index contributed by atoms with van der Waals surface area (Å²) in [5.74, 6) is 0. The van der Waals surface area contributed by atoms with Gasteiger partial charge < -0.3 is 5.73 Å². The van der Waals surface area contributed by atoms with E-state index in [1.807, 2.05) is 12.1 Å². The van der Waals surface area contributed by atoms with E-state index < -0.39 is 0 Å². The number of hydrogen-bond acceptors (Lipinski definition) is 3. The Bertz CT molecular complexity index is 477. The summed E-state index contributed by atoms with van der Waals surface area (Å²) in [5.41, 5.74) is 7.35. The van der Waals surface area contributed by atoms with Crippen molar-refractivity contribution >= 4 is 50.2 Å². The highest BCUT2D eigenvalue weighted by Crippen LogP contribution is 2.35. The Balaban J connectivity index is 2.35. The molecule has 0 fully saturated rings. The molecule has 1 atom stereocenters. The van der Waals surface area contributed by atoms with E-state index in [-0.39, 0.29) is 6.04 Å². The average Bonchev–Trinajstić information content (AvgIpc) is 2.71. The van der Waals surface area contributed by atoms with E-state index in [1.165, 1.54) is 21.8 Å². The molecule has 2 N–H and O–H groups in total. The number of rotatable bonds is 2. The van der Waals surface area contributed by atoms with E-state index in [1.54, 1.807) is 11.3 Å². The van der Waals surface area contributed by atoms with Gasteiger partial charge in [-0.1, -0.05) is 11.6 Å². The summed E-state index contributed by atoms with van der Waals surface area (Å²) in [6.45, 7) is 2.08. The Morgan fingerprint density at radius 2 is 2.13 bits per heavy atom. The fraction of sp³-hybridized carbons (Fsp3) is 0.200. The van der Waals surface area contributed by atoms with Gasteiger partial charge in [0.05, 0.1) is 14.2 Å². The monoisotopic (exact) mass is 321 g/mol. The fourth-order valence-corrected chi connectivity index (χ4v) is 4.25. The minimum atomic E-state index is -0.0648. The van der Waals surface area contributed by atoms with Gasteiger partial charge in [-0.15, -0.1) is 22.7 Å². The van der Waals surface area contributed by atoms with Gasteiger partial charge in [0.2, 0.25) is 0 Å². The third kappa shape index (κ3) is 2.45. The topological polar surface area (TPSA) is 26.0 Å². The summed E-state index contributed by atoms with van der Waals surface area (Å²) in [5, 5.41) is 0. The first-order valence-corrected chi connectivity index (χ1v) is 7.15. The summed E-state index contributed by atoms with van der Waals surface area (Å²) < 4.78 is 1.90. The van der Waals surface area contributed by atoms with Crippen LogP contribution in [0.1, 0.15) is 21.4 Å². The third-order valence-electron chi connectivity index (χ3n) is 2.16. The van der Waals surface area contributed by atoms with Crippen molar-refractivity contribution in [2.45, 2.75) is 13.0 Å². The van der Waals surface area contributed by atoms with E-state index >= 15 is 0 Å². The second kappa shape index (κ2) is 4.55. The van der Waals surface area contributed by atoms with E-state index in [0.29, 0.717) is 0 Å². The number of hydrogen-bond donors (Lipinski definition) is 1. The fourth-order valence-electron chi connectivity index (χ4n) is 1.42. The van der Waals surface area contributed by atoms with Gasteiger partial charge in [-0.05, 0) is 46.6 Å². The number of halogens is 2. The number of thiophene rings is 2. The molecular weight excluding hydrogens is 314 g/mol. The summed E-state index contributed by atoms with van der Waals surface area (Å²) >= 11 is 12.6. The van der Waals surface area contributed by atoms with Crippen molar-refractivity contribution in [1.29, 1.82) is 0 Å². The molecule has 2 rings (SSSR count). The van der Waals surface area contributed by atoms with Crippen LogP contribution in [-0.4, -0.2) is 0 Å². The van der Waals surface area contributed by atoms with Gasteiger partial charge in [-0.3, -0.25) is 0 Å². The maximum atomic E-state index is 6.18. The molecule has 1 unspecified atom stereocenters. The lowest BCUT2D eigenvalue weighted by molar-refractivity contribution is 0.891. The van der Waals surface area contributed by atoms with Gasteiger partial charge in [-0.25, -0.2) is 0 Å². The standard InChI is InChI=1S/C10H9BrClNS2/c1-5-6(4-8(11)14-5)10(13)7-2-3-9(12)15-7/h2-4,10H,13H2,1H3. The molecule has 0 aliphatic carbocycles. The summed E-state index contributed by atoms with van der Waals surface area (Å²) in [7, 11) is 0. The second-order valence-electron chi connectivity index (χ2n) is 3.18. The van der Waals surface area contributed by atoms with E-state index in [9.17, 15) is 0 Å². The first kappa shape index (κ1) is 11.6. The van der Waals surface area contributed by atoms with Crippen molar-refractivity contribution in [3.05, 3.63) is 41.6 Å². The third-order valence-corrected chi connectivity index (χ3v) is 5.05. The van der Waals surface area contributed by atoms with Crippen LogP contribution >= 0.6 is 50.2 Å². The molecule has 5 heteroatoms. The lowest BCUT2D eigenvalue weighted by atomic mass is 10.1. The van der Waals surface area contributed by atoms with Crippen LogP contribution < -0.4 is 5.73 Å². The van der Waals surface area contributed by atoms with E-state index in [0.717, 1.165) is 13.0 Å². The predicted molar refractivity (Wildman–Crippen MR) is 72.1 cm³/mol. The zero-order valence-corrected chi connectivity index (χ0v) is 11.9. The zero-order chi connectivity index (χ0) is 11.0. The molecule has 0 spiro atoms. The van der Waals surface area contributed by atoms with Crippen molar-refractivity contribution in [3.8, 4) is 0 Å². The molecule has 0 aliphatic rings. The Morgan fingerprint density at radius 1 is 1.40 bits per heavy atom. The highest BCUT2D eigenvalue weighted by Gasteiger charge is 2.15. The van der Waals surface area contributed by atoms with Gasteiger partial charge in [0.1, 0.15) is 0 Å². The molecule has 0 radical (unpaired) electrons. The van der Waals surface area contributed by atoms with Gasteiger partial charge >= 0.3 is 0 Å². The molecule has 0 saturated carbocycles. The SMILES string of the molecule is Cc1sc(Br)cc1C(N)c1ccc(Cl)s1. The van der Waals surface area contributed by atoms with Crippen molar-refractivity contribution in [1.82, 2.24) is 0 Å². The smallest absolute Gasteiger partial charge is 0.0931 e. The van der Waals surface area contributed by atoms with Gasteiger partial charge in [0.15, 0.2) is 0 Å². The van der Waals surface area contributed by atoms with Crippen LogP contribution in [0.15, 0.2) is 22.0 Å². The second-order valence-corrected chi connectivity index (χ2v) is 7.56. The number of aryl methyl sites for hydroxylation is 1. The summed E-state index contributed by atoms with van der Waals surface area (Å²) in [6.07, 6.45) is 0. The maximum absolute atomic E-state index is 6.18. The molecule has 2 aromatic rings. The van der Waals surface area contributed by atoms with Crippen LogP contribution in [0.5, 0.6) is 0 Å². The van der Waals surface area contributed by atoms with Crippen molar-refractivity contribution in [2.75, 3.05) is 0 Å². The first-order chi connectivity index (χ1) is 7.08. The molecule has 0 aliphatic heterocycles. The lowest BCUT2D eigenvalue weighted by Crippen LogP contribution is -2.09. The van der Waals surface area contributed by atoms with E-state index in [4.69, 9.17) is 17.3 Å². The van der Waals surface area contributed by atoms with E-state index in [2.05, 4.69) is 28.9 Å². The molecule has 0 saturated heterocycles. The molecule has 15 heavy (non-hydrogen) atoms. The van der Waals surface area contributed by atoms with Crippen molar-refractivity contribution in [3.63, 3.8) is 0 Å². The lowest BCUT2D eigenvalue weighted by Gasteiger charge is -2.08. The van der Waals surface area contributed by atoms with Crippen LogP contribution in [-0.2, 0) is 0 Å². The Labute approximate surface area is 110 Å². The van der Waals surface area contributed by atoms with Crippen LogP contribution in [0.4, 0.5) is 0 Å². The molecule has 2 heterocycles. The van der Waals surface area contributed by atoms with Crippen molar-refractivity contribution < 1.29 is 0 Å². The molecular formula is C10H9BrClNS2. The van der Waals surface area contributed by atoms with Gasteiger partial charge in [-0.2, -0.15) is 0 Å². The maximum Gasteiger partial charge on any atom is 0.0931 e. The molecule has 0 amide bonds. The van der Waals surface area contributed by atoms with Crippen LogP contribution in [0.2, 0.25) is 4.34 Å². The Hall–Kier alpha value is 0.130. The minimum absolute atomic E-state index is 0.0648. The average molecular weight is 323 g/mol. The molecule has 80 valence electrons. The molecule has 0 bridgehead atoms. The zero-order valence-electron chi connectivity index (χ0n) is 7.96. The van der Waals surface area contributed by atoms with Crippen LogP contribution in [0, 0.1) is 6.92 Å². The van der Waals surface area contributed by atoms with Crippen LogP contribution in [0.25, 0.3) is 0 Å². The van der Waals surface area contributed by atoms with Crippen molar-refractivity contribution in [2.24, 2.45) is 5.73 Å². The largest absolute Gasteiger partial charge is 0.320 e. The Kier molecular flexibility index (Phi) is 3.52. The molecule has 0 aromatic carbocycles. The van der Waals surface area contributed by atoms with Crippen LogP contribution in [0.3, 0.4) is 0 Å². The van der Waals surface area contributed by atoms with Gasteiger partial charge in [0, 0.05) is 9.75 Å². The summed E-state index contributed by atoms with van der Waals surface area (Å²) in [6, 6.07) is 5.89. The molecule has 1 nitrogen and oxygen atoms in total. The quantitative estimate of drug-likeness (QED) is 0.860. The number of nitrogens with two attached hydrogens (primary N) is 1. The normalized spacial score (nSPS) is 13.1.